The highest BCUT2D eigenvalue weighted by Crippen LogP contribution is 2.26. The van der Waals surface area contributed by atoms with Crippen molar-refractivity contribution in [3.8, 4) is 0 Å². The van der Waals surface area contributed by atoms with Gasteiger partial charge in [-0.25, -0.2) is 0 Å². The van der Waals surface area contributed by atoms with Gasteiger partial charge < -0.3 is 10.2 Å². The molecule has 0 aromatic carbocycles. The van der Waals surface area contributed by atoms with Gasteiger partial charge in [0.1, 0.15) is 0 Å². The Morgan fingerprint density at radius 3 is 2.73 bits per heavy atom. The second-order valence-electron chi connectivity index (χ2n) is 7.38. The largest absolute Gasteiger partial charge is 0.481 e. The van der Waals surface area contributed by atoms with E-state index < -0.39 is 5.97 Å². The van der Waals surface area contributed by atoms with E-state index in [1.165, 1.54) is 12.8 Å². The average molecular weight is 386 g/mol. The van der Waals surface area contributed by atoms with Gasteiger partial charge in [-0.3, -0.25) is 9.69 Å². The van der Waals surface area contributed by atoms with E-state index in [2.05, 4.69) is 30.1 Å². The van der Waals surface area contributed by atoms with Gasteiger partial charge in [0, 0.05) is 19.1 Å². The Hall–Kier alpha value is -0.840. The molecule has 2 N–H and O–H groups in total. The normalized spacial score (nSPS) is 23.8. The van der Waals surface area contributed by atoms with Crippen LogP contribution in [0.1, 0.15) is 65.2 Å². The van der Waals surface area contributed by atoms with E-state index in [-0.39, 0.29) is 17.4 Å². The van der Waals surface area contributed by atoms with E-state index in [0.717, 1.165) is 45.2 Å². The molecule has 1 rings (SSSR count). The van der Waals surface area contributed by atoms with Crippen LogP contribution in [0.2, 0.25) is 0 Å². The van der Waals surface area contributed by atoms with Crippen molar-refractivity contribution in [3.05, 3.63) is 24.3 Å². The van der Waals surface area contributed by atoms with Gasteiger partial charge in [0.15, 0.2) is 0 Å². The molecule has 0 spiro atoms. The second kappa shape index (κ2) is 13.3. The predicted molar refractivity (Wildman–Crippen MR) is 109 cm³/mol. The molecule has 26 heavy (non-hydrogen) atoms. The predicted octanol–water partition coefficient (Wildman–Crippen LogP) is 4.61. The fraction of sp³-hybridized carbons (Fsp3) is 0.762. The van der Waals surface area contributed by atoms with Gasteiger partial charge in [-0.1, -0.05) is 57.4 Å². The minimum Gasteiger partial charge on any atom is -0.481 e. The number of unbranched alkanes of at least 4 members (excludes halogenated alkanes) is 2. The Bertz CT molecular complexity index is 453. The van der Waals surface area contributed by atoms with Crippen molar-refractivity contribution in [2.24, 2.45) is 5.92 Å². The standard InChI is InChI=1S/C21H36ClNO3/c1-3-4-6-11-18(24)12-9-15-23-16-14-19(22)20(23)13-8-5-7-10-17(2)21(25)26/h5,8-9,12,17-20,24H,3-4,6-7,10-11,13-16H2,1-2H3,(H,25,26)/t17?,18?,19-,20?/m1/s1. The molecule has 0 radical (unpaired) electrons. The van der Waals surface area contributed by atoms with Crippen LogP contribution < -0.4 is 0 Å². The number of aliphatic hydroxyl groups excluding tert-OH is 1. The SMILES string of the molecule is CCCCCC(O)C=CCN1CC[C@@H](Cl)C1CC=CCCC(C)C(=O)O. The van der Waals surface area contributed by atoms with Crippen LogP contribution in [0.4, 0.5) is 0 Å². The number of carboxylic acid groups (broad SMARTS) is 1. The molecule has 1 aliphatic heterocycles. The number of rotatable bonds is 13. The summed E-state index contributed by atoms with van der Waals surface area (Å²) in [7, 11) is 0. The van der Waals surface area contributed by atoms with Crippen molar-refractivity contribution in [1.82, 2.24) is 4.90 Å². The fourth-order valence-electron chi connectivity index (χ4n) is 3.28. The Morgan fingerprint density at radius 2 is 2.04 bits per heavy atom. The van der Waals surface area contributed by atoms with Gasteiger partial charge in [0.05, 0.1) is 17.4 Å². The molecule has 0 bridgehead atoms. The molecule has 0 aromatic heterocycles. The quantitative estimate of drug-likeness (QED) is 0.276. The number of nitrogens with zero attached hydrogens (tertiary/aromatic N) is 1. The van der Waals surface area contributed by atoms with E-state index >= 15 is 0 Å². The number of likely N-dealkylation sites (tertiary alicyclic amines) is 1. The topological polar surface area (TPSA) is 60.8 Å². The van der Waals surface area contributed by atoms with Crippen LogP contribution in [0.3, 0.4) is 0 Å². The summed E-state index contributed by atoms with van der Waals surface area (Å²) in [6, 6.07) is 0.312. The van der Waals surface area contributed by atoms with Crippen molar-refractivity contribution < 1.29 is 15.0 Å². The molecule has 150 valence electrons. The van der Waals surface area contributed by atoms with E-state index in [1.807, 2.05) is 6.08 Å². The van der Waals surface area contributed by atoms with E-state index in [0.29, 0.717) is 12.5 Å². The Labute approximate surface area is 163 Å². The zero-order valence-electron chi connectivity index (χ0n) is 16.3. The van der Waals surface area contributed by atoms with Crippen molar-refractivity contribution in [3.63, 3.8) is 0 Å². The van der Waals surface area contributed by atoms with E-state index in [9.17, 15) is 9.90 Å². The summed E-state index contributed by atoms with van der Waals surface area (Å²) in [5.74, 6) is -1.03. The smallest absolute Gasteiger partial charge is 0.306 e. The lowest BCUT2D eigenvalue weighted by molar-refractivity contribution is -0.141. The highest BCUT2D eigenvalue weighted by atomic mass is 35.5. The third-order valence-electron chi connectivity index (χ3n) is 5.11. The van der Waals surface area contributed by atoms with Crippen LogP contribution >= 0.6 is 11.6 Å². The number of alkyl halides is 1. The molecule has 5 heteroatoms. The minimum absolute atomic E-state index is 0.153. The summed E-state index contributed by atoms with van der Waals surface area (Å²) in [5.41, 5.74) is 0. The molecular formula is C21H36ClNO3. The molecule has 0 amide bonds. The van der Waals surface area contributed by atoms with Crippen molar-refractivity contribution in [2.75, 3.05) is 13.1 Å². The summed E-state index contributed by atoms with van der Waals surface area (Å²) in [6.07, 6.45) is 15.4. The molecule has 1 aliphatic rings. The molecule has 4 atom stereocenters. The maximum atomic E-state index is 10.8. The lowest BCUT2D eigenvalue weighted by Gasteiger charge is -2.23. The molecule has 0 saturated carbocycles. The molecule has 0 aromatic rings. The third-order valence-corrected chi connectivity index (χ3v) is 5.62. The van der Waals surface area contributed by atoms with Gasteiger partial charge in [-0.2, -0.15) is 0 Å². The number of aliphatic carboxylic acids is 1. The number of allylic oxidation sites excluding steroid dienone is 1. The second-order valence-corrected chi connectivity index (χ2v) is 7.94. The maximum absolute atomic E-state index is 10.8. The van der Waals surface area contributed by atoms with E-state index in [4.69, 9.17) is 16.7 Å². The first kappa shape index (κ1) is 23.2. The highest BCUT2D eigenvalue weighted by Gasteiger charge is 2.30. The number of hydrogen-bond acceptors (Lipinski definition) is 3. The lowest BCUT2D eigenvalue weighted by atomic mass is 10.0. The number of aliphatic hydroxyl groups is 1. The van der Waals surface area contributed by atoms with Gasteiger partial charge in [0.25, 0.3) is 0 Å². The molecule has 1 fully saturated rings. The van der Waals surface area contributed by atoms with Crippen molar-refractivity contribution >= 4 is 17.6 Å². The number of carbonyl (C=O) groups is 1. The van der Waals surface area contributed by atoms with Gasteiger partial charge in [-0.15, -0.1) is 11.6 Å². The Kier molecular flexibility index (Phi) is 11.9. The monoisotopic (exact) mass is 385 g/mol. The van der Waals surface area contributed by atoms with Crippen molar-refractivity contribution in [2.45, 2.75) is 82.7 Å². The third kappa shape index (κ3) is 9.20. The number of carboxylic acids is 1. The fourth-order valence-corrected chi connectivity index (χ4v) is 3.64. The summed E-state index contributed by atoms with van der Waals surface area (Å²) >= 11 is 6.48. The van der Waals surface area contributed by atoms with Crippen LogP contribution in [0.25, 0.3) is 0 Å². The number of hydrogen-bond donors (Lipinski definition) is 2. The van der Waals surface area contributed by atoms with Crippen LogP contribution in [-0.4, -0.2) is 51.7 Å². The first-order valence-corrected chi connectivity index (χ1v) is 10.5. The summed E-state index contributed by atoms with van der Waals surface area (Å²) in [5, 5.41) is 19.0. The molecule has 4 nitrogen and oxygen atoms in total. The average Bonchev–Trinajstić information content (AvgIpc) is 2.94. The summed E-state index contributed by atoms with van der Waals surface area (Å²) < 4.78 is 0. The van der Waals surface area contributed by atoms with Gasteiger partial charge in [-0.05, 0) is 32.1 Å². The first-order chi connectivity index (χ1) is 12.5. The van der Waals surface area contributed by atoms with Crippen molar-refractivity contribution in [1.29, 1.82) is 0 Å². The minimum atomic E-state index is -0.732. The van der Waals surface area contributed by atoms with Gasteiger partial charge >= 0.3 is 5.97 Å². The molecular weight excluding hydrogens is 350 g/mol. The molecule has 1 saturated heterocycles. The highest BCUT2D eigenvalue weighted by molar-refractivity contribution is 6.21. The van der Waals surface area contributed by atoms with Gasteiger partial charge in [0.2, 0.25) is 0 Å². The lowest BCUT2D eigenvalue weighted by Crippen LogP contribution is -2.33. The number of halogens is 1. The Morgan fingerprint density at radius 1 is 1.27 bits per heavy atom. The van der Waals surface area contributed by atoms with E-state index in [1.54, 1.807) is 6.92 Å². The van der Waals surface area contributed by atoms with Crippen LogP contribution in [0.5, 0.6) is 0 Å². The Balaban J connectivity index is 2.33. The molecule has 1 heterocycles. The van der Waals surface area contributed by atoms with Crippen LogP contribution in [-0.2, 0) is 4.79 Å². The zero-order chi connectivity index (χ0) is 19.4. The zero-order valence-corrected chi connectivity index (χ0v) is 17.1. The van der Waals surface area contributed by atoms with Crippen LogP contribution in [0, 0.1) is 5.92 Å². The molecule has 0 aliphatic carbocycles. The maximum Gasteiger partial charge on any atom is 0.306 e. The van der Waals surface area contributed by atoms with Crippen LogP contribution in [0.15, 0.2) is 24.3 Å². The summed E-state index contributed by atoms with van der Waals surface area (Å²) in [6.45, 7) is 5.72. The first-order valence-electron chi connectivity index (χ1n) is 10.1. The summed E-state index contributed by atoms with van der Waals surface area (Å²) in [4.78, 5) is 13.2. The molecule has 3 unspecified atom stereocenters.